The van der Waals surface area contributed by atoms with Crippen LogP contribution in [0.25, 0.3) is 0 Å². The molecule has 104 valence electrons. The number of hydrogen-bond donors (Lipinski definition) is 2. The third kappa shape index (κ3) is 2.62. The summed E-state index contributed by atoms with van der Waals surface area (Å²) in [5, 5.41) is 24.5. The smallest absolute Gasteiger partial charge is 0.271 e. The topological polar surface area (TPSA) is 92.5 Å². The number of non-ortho nitro benzene ring substituents is 1. The van der Waals surface area contributed by atoms with E-state index in [1.807, 2.05) is 13.8 Å². The van der Waals surface area contributed by atoms with Gasteiger partial charge in [-0.3, -0.25) is 14.9 Å². The van der Waals surface area contributed by atoms with Crippen LogP contribution in [0.15, 0.2) is 23.6 Å². The quantitative estimate of drug-likeness (QED) is 0.516. The number of anilines is 1. The van der Waals surface area contributed by atoms with Crippen molar-refractivity contribution in [3.05, 3.63) is 49.7 Å². The summed E-state index contributed by atoms with van der Waals surface area (Å²) in [5.74, 6) is -0.615. The molecular weight excluding hydrogens is 280 g/mol. The molecule has 1 aromatic carbocycles. The van der Waals surface area contributed by atoms with Crippen molar-refractivity contribution in [1.82, 2.24) is 0 Å². The second kappa shape index (κ2) is 5.30. The molecule has 1 heterocycles. The SMILES string of the molecule is Cc1scc(C(=O)Nc2cc([N+](=O)[O-])ccc2O)c1C. The lowest BCUT2D eigenvalue weighted by molar-refractivity contribution is -0.384. The van der Waals surface area contributed by atoms with Crippen LogP contribution in [0.4, 0.5) is 11.4 Å². The number of nitrogens with one attached hydrogen (secondary N) is 1. The Morgan fingerprint density at radius 1 is 1.40 bits per heavy atom. The van der Waals surface area contributed by atoms with Gasteiger partial charge in [-0.25, -0.2) is 0 Å². The summed E-state index contributed by atoms with van der Waals surface area (Å²) < 4.78 is 0. The molecule has 0 bridgehead atoms. The molecule has 0 saturated carbocycles. The van der Waals surface area contributed by atoms with Gasteiger partial charge in [0.05, 0.1) is 16.2 Å². The monoisotopic (exact) mass is 292 g/mol. The Morgan fingerprint density at radius 2 is 2.10 bits per heavy atom. The highest BCUT2D eigenvalue weighted by molar-refractivity contribution is 7.10. The number of amides is 1. The molecule has 20 heavy (non-hydrogen) atoms. The molecular formula is C13H12N2O4S. The molecule has 0 unspecified atom stereocenters. The fourth-order valence-electron chi connectivity index (χ4n) is 1.66. The van der Waals surface area contributed by atoms with E-state index >= 15 is 0 Å². The average Bonchev–Trinajstić information content (AvgIpc) is 2.72. The summed E-state index contributed by atoms with van der Waals surface area (Å²) in [4.78, 5) is 23.2. The maximum atomic E-state index is 12.1. The van der Waals surface area contributed by atoms with Gasteiger partial charge in [0, 0.05) is 22.4 Å². The lowest BCUT2D eigenvalue weighted by Gasteiger charge is -2.07. The highest BCUT2D eigenvalue weighted by Gasteiger charge is 2.16. The van der Waals surface area contributed by atoms with E-state index < -0.39 is 10.8 Å². The van der Waals surface area contributed by atoms with Crippen molar-refractivity contribution in [1.29, 1.82) is 0 Å². The van der Waals surface area contributed by atoms with Crippen molar-refractivity contribution in [2.24, 2.45) is 0 Å². The minimum absolute atomic E-state index is 0.0208. The van der Waals surface area contributed by atoms with Crippen LogP contribution in [-0.4, -0.2) is 15.9 Å². The van der Waals surface area contributed by atoms with Gasteiger partial charge in [-0.2, -0.15) is 0 Å². The van der Waals surface area contributed by atoms with E-state index in [9.17, 15) is 20.0 Å². The lowest BCUT2D eigenvalue weighted by atomic mass is 10.1. The molecule has 0 radical (unpaired) electrons. The van der Waals surface area contributed by atoms with Gasteiger partial charge in [0.2, 0.25) is 0 Å². The largest absolute Gasteiger partial charge is 0.506 e. The van der Waals surface area contributed by atoms with Crippen LogP contribution in [0.1, 0.15) is 20.8 Å². The number of benzene rings is 1. The molecule has 0 aliphatic carbocycles. The van der Waals surface area contributed by atoms with Gasteiger partial charge in [0.15, 0.2) is 0 Å². The summed E-state index contributed by atoms with van der Waals surface area (Å²) in [6.45, 7) is 3.73. The highest BCUT2D eigenvalue weighted by Crippen LogP contribution is 2.29. The number of phenolic OH excluding ortho intramolecular Hbond substituents is 1. The van der Waals surface area contributed by atoms with E-state index in [-0.39, 0.29) is 17.1 Å². The highest BCUT2D eigenvalue weighted by atomic mass is 32.1. The van der Waals surface area contributed by atoms with Gasteiger partial charge < -0.3 is 10.4 Å². The van der Waals surface area contributed by atoms with Gasteiger partial charge in [-0.15, -0.1) is 11.3 Å². The molecule has 1 amide bonds. The molecule has 6 nitrogen and oxygen atoms in total. The van der Waals surface area contributed by atoms with Crippen LogP contribution in [0.3, 0.4) is 0 Å². The summed E-state index contributed by atoms with van der Waals surface area (Å²) in [5.41, 5.74) is 1.18. The number of thiophene rings is 1. The number of nitrogens with zero attached hydrogens (tertiary/aromatic N) is 1. The standard InChI is InChI=1S/C13H12N2O4S/c1-7-8(2)20-6-10(7)13(17)14-11-5-9(15(18)19)3-4-12(11)16/h3-6,16H,1-2H3,(H,14,17). The van der Waals surface area contributed by atoms with Crippen molar-refractivity contribution < 1.29 is 14.8 Å². The molecule has 1 aromatic heterocycles. The molecule has 0 atom stereocenters. The molecule has 0 saturated heterocycles. The van der Waals surface area contributed by atoms with Crippen molar-refractivity contribution in [2.45, 2.75) is 13.8 Å². The molecule has 0 spiro atoms. The fraction of sp³-hybridized carbons (Fsp3) is 0.154. The van der Waals surface area contributed by atoms with Crippen molar-refractivity contribution in [2.75, 3.05) is 5.32 Å². The Bertz CT molecular complexity index is 694. The maximum absolute atomic E-state index is 12.1. The van der Waals surface area contributed by atoms with Crippen LogP contribution < -0.4 is 5.32 Å². The molecule has 2 N–H and O–H groups in total. The van der Waals surface area contributed by atoms with Gasteiger partial charge in [0.1, 0.15) is 5.75 Å². The Labute approximate surface area is 118 Å². The number of phenols is 1. The van der Waals surface area contributed by atoms with Crippen LogP contribution in [0, 0.1) is 24.0 Å². The van der Waals surface area contributed by atoms with Crippen LogP contribution in [0.2, 0.25) is 0 Å². The molecule has 0 aliphatic rings. The molecule has 0 aliphatic heterocycles. The predicted molar refractivity (Wildman–Crippen MR) is 76.5 cm³/mol. The second-order valence-corrected chi connectivity index (χ2v) is 5.33. The van der Waals surface area contributed by atoms with Gasteiger partial charge in [-0.05, 0) is 25.5 Å². The van der Waals surface area contributed by atoms with Gasteiger partial charge >= 0.3 is 0 Å². The Hall–Kier alpha value is -2.41. The van der Waals surface area contributed by atoms with E-state index in [4.69, 9.17) is 0 Å². The first kappa shape index (κ1) is 14.0. The number of nitro benzene ring substituents is 1. The molecule has 2 aromatic rings. The third-order valence-electron chi connectivity index (χ3n) is 2.97. The minimum atomic E-state index is -0.588. The normalized spacial score (nSPS) is 10.3. The minimum Gasteiger partial charge on any atom is -0.506 e. The van der Waals surface area contributed by atoms with Crippen molar-refractivity contribution >= 4 is 28.6 Å². The summed E-state index contributed by atoms with van der Waals surface area (Å²) >= 11 is 1.45. The summed E-state index contributed by atoms with van der Waals surface area (Å²) in [6, 6.07) is 3.48. The van der Waals surface area contributed by atoms with E-state index in [1.165, 1.54) is 23.5 Å². The number of hydrogen-bond acceptors (Lipinski definition) is 5. The second-order valence-electron chi connectivity index (χ2n) is 4.24. The van der Waals surface area contributed by atoms with Gasteiger partial charge in [0.25, 0.3) is 11.6 Å². The van der Waals surface area contributed by atoms with Crippen LogP contribution >= 0.6 is 11.3 Å². The first-order valence-electron chi connectivity index (χ1n) is 5.73. The Morgan fingerprint density at radius 3 is 2.65 bits per heavy atom. The lowest BCUT2D eigenvalue weighted by Crippen LogP contribution is -2.12. The zero-order chi connectivity index (χ0) is 14.9. The fourth-order valence-corrected chi connectivity index (χ4v) is 2.53. The van der Waals surface area contributed by atoms with Crippen LogP contribution in [-0.2, 0) is 0 Å². The number of carbonyl (C=O) groups is 1. The Kier molecular flexibility index (Phi) is 3.71. The Balaban J connectivity index is 2.30. The van der Waals surface area contributed by atoms with E-state index in [2.05, 4.69) is 5.32 Å². The van der Waals surface area contributed by atoms with Crippen LogP contribution in [0.5, 0.6) is 5.75 Å². The predicted octanol–water partition coefficient (Wildman–Crippen LogP) is 3.23. The number of rotatable bonds is 3. The number of aryl methyl sites for hydroxylation is 1. The number of nitro groups is 1. The molecule has 0 fully saturated rings. The molecule has 2 rings (SSSR count). The van der Waals surface area contributed by atoms with Crippen molar-refractivity contribution in [3.8, 4) is 5.75 Å². The van der Waals surface area contributed by atoms with E-state index in [1.54, 1.807) is 5.38 Å². The zero-order valence-electron chi connectivity index (χ0n) is 10.8. The maximum Gasteiger partial charge on any atom is 0.271 e. The van der Waals surface area contributed by atoms with E-state index in [0.29, 0.717) is 5.56 Å². The van der Waals surface area contributed by atoms with Gasteiger partial charge in [-0.1, -0.05) is 0 Å². The summed E-state index contributed by atoms with van der Waals surface area (Å²) in [6.07, 6.45) is 0. The first-order chi connectivity index (χ1) is 9.40. The van der Waals surface area contributed by atoms with Crippen molar-refractivity contribution in [3.63, 3.8) is 0 Å². The number of aromatic hydroxyl groups is 1. The summed E-state index contributed by atoms with van der Waals surface area (Å²) in [7, 11) is 0. The average molecular weight is 292 g/mol. The first-order valence-corrected chi connectivity index (χ1v) is 6.61. The van der Waals surface area contributed by atoms with E-state index in [0.717, 1.165) is 16.5 Å². The third-order valence-corrected chi connectivity index (χ3v) is 3.98. The number of carbonyl (C=O) groups excluding carboxylic acids is 1. The molecule has 7 heteroatoms. The zero-order valence-corrected chi connectivity index (χ0v) is 11.7.